The summed E-state index contributed by atoms with van der Waals surface area (Å²) in [6.07, 6.45) is -1.76. The van der Waals surface area contributed by atoms with E-state index in [1.165, 1.54) is 0 Å². The molecule has 21 heavy (non-hydrogen) atoms. The molecular formula is C12H14F3N3O3. The second-order valence-electron chi connectivity index (χ2n) is 4.95. The Morgan fingerprint density at radius 2 is 2.14 bits per heavy atom. The van der Waals surface area contributed by atoms with Gasteiger partial charge in [-0.15, -0.1) is 0 Å². The minimum atomic E-state index is -4.55. The molecule has 1 saturated carbocycles. The van der Waals surface area contributed by atoms with Crippen LogP contribution in [-0.2, 0) is 22.3 Å². The normalized spacial score (nSPS) is 22.2. The highest BCUT2D eigenvalue weighted by molar-refractivity contribution is 5.78. The number of nitrogens with zero attached hydrogens (tertiary/aromatic N) is 2. The van der Waals surface area contributed by atoms with Crippen molar-refractivity contribution < 1.29 is 27.9 Å². The van der Waals surface area contributed by atoms with Crippen LogP contribution in [0.4, 0.5) is 13.2 Å². The minimum Gasteiger partial charge on any atom is -0.481 e. The van der Waals surface area contributed by atoms with Crippen LogP contribution < -0.4 is 5.32 Å². The minimum absolute atomic E-state index is 0.376. The van der Waals surface area contributed by atoms with E-state index >= 15 is 0 Å². The third kappa shape index (κ3) is 3.73. The molecule has 0 aliphatic heterocycles. The van der Waals surface area contributed by atoms with Gasteiger partial charge in [-0.25, -0.2) is 0 Å². The molecule has 0 saturated heterocycles. The number of carboxylic acid groups (broad SMARTS) is 1. The van der Waals surface area contributed by atoms with E-state index in [0.29, 0.717) is 19.3 Å². The van der Waals surface area contributed by atoms with Gasteiger partial charge in [-0.05, 0) is 18.9 Å². The Labute approximate surface area is 117 Å². The molecule has 2 unspecified atom stereocenters. The summed E-state index contributed by atoms with van der Waals surface area (Å²) in [5, 5.41) is 14.8. The third-order valence-corrected chi connectivity index (χ3v) is 3.42. The number of carbonyl (C=O) groups is 2. The predicted octanol–water partition coefficient (Wildman–Crippen LogP) is 1.27. The average molecular weight is 305 g/mol. The van der Waals surface area contributed by atoms with E-state index in [2.05, 4.69) is 10.4 Å². The molecule has 116 valence electrons. The molecule has 1 aliphatic rings. The Bertz CT molecular complexity index is 541. The maximum atomic E-state index is 12.4. The van der Waals surface area contributed by atoms with Gasteiger partial charge in [0.15, 0.2) is 5.69 Å². The van der Waals surface area contributed by atoms with Gasteiger partial charge in [-0.1, -0.05) is 6.42 Å². The maximum absolute atomic E-state index is 12.4. The second kappa shape index (κ2) is 5.74. The van der Waals surface area contributed by atoms with E-state index < -0.39 is 35.7 Å². The van der Waals surface area contributed by atoms with Crippen molar-refractivity contribution in [1.29, 1.82) is 0 Å². The van der Waals surface area contributed by atoms with Crippen molar-refractivity contribution in [1.82, 2.24) is 15.1 Å². The number of rotatable bonds is 4. The van der Waals surface area contributed by atoms with Gasteiger partial charge in [0.1, 0.15) is 6.54 Å². The molecule has 6 nitrogen and oxygen atoms in total. The number of carboxylic acids is 1. The highest BCUT2D eigenvalue weighted by Crippen LogP contribution is 2.27. The summed E-state index contributed by atoms with van der Waals surface area (Å²) < 4.78 is 38.0. The molecule has 0 spiro atoms. The lowest BCUT2D eigenvalue weighted by atomic mass is 10.0. The van der Waals surface area contributed by atoms with Crippen LogP contribution in [0.2, 0.25) is 0 Å². The van der Waals surface area contributed by atoms with Crippen molar-refractivity contribution in [2.45, 2.75) is 38.0 Å². The van der Waals surface area contributed by atoms with E-state index in [4.69, 9.17) is 5.11 Å². The van der Waals surface area contributed by atoms with Crippen molar-refractivity contribution in [3.05, 3.63) is 18.0 Å². The molecule has 0 aromatic carbocycles. The van der Waals surface area contributed by atoms with Crippen LogP contribution in [0.25, 0.3) is 0 Å². The molecule has 9 heteroatoms. The zero-order valence-corrected chi connectivity index (χ0v) is 10.9. The number of alkyl halides is 3. The van der Waals surface area contributed by atoms with E-state index in [1.54, 1.807) is 0 Å². The lowest BCUT2D eigenvalue weighted by Crippen LogP contribution is -2.41. The fourth-order valence-electron chi connectivity index (χ4n) is 2.43. The van der Waals surface area contributed by atoms with E-state index in [-0.39, 0.29) is 6.54 Å². The maximum Gasteiger partial charge on any atom is 0.435 e. The van der Waals surface area contributed by atoms with E-state index in [1.807, 2.05) is 0 Å². The number of aromatic nitrogens is 2. The molecule has 1 aromatic heterocycles. The topological polar surface area (TPSA) is 84.2 Å². The zero-order chi connectivity index (χ0) is 15.6. The van der Waals surface area contributed by atoms with Crippen LogP contribution in [0.15, 0.2) is 12.3 Å². The van der Waals surface area contributed by atoms with E-state index in [9.17, 15) is 22.8 Å². The van der Waals surface area contributed by atoms with Gasteiger partial charge >= 0.3 is 12.1 Å². The van der Waals surface area contributed by atoms with Crippen molar-refractivity contribution in [2.75, 3.05) is 0 Å². The quantitative estimate of drug-likeness (QED) is 0.877. The van der Waals surface area contributed by atoms with Gasteiger partial charge < -0.3 is 10.4 Å². The lowest BCUT2D eigenvalue weighted by molar-refractivity contribution is -0.143. The van der Waals surface area contributed by atoms with Gasteiger partial charge in [0.25, 0.3) is 0 Å². The first-order valence-electron chi connectivity index (χ1n) is 6.40. The van der Waals surface area contributed by atoms with Crippen LogP contribution in [-0.4, -0.2) is 32.8 Å². The first-order valence-corrected chi connectivity index (χ1v) is 6.40. The molecule has 2 atom stereocenters. The van der Waals surface area contributed by atoms with Gasteiger partial charge in [-0.3, -0.25) is 14.3 Å². The van der Waals surface area contributed by atoms with Gasteiger partial charge in [0.2, 0.25) is 5.91 Å². The summed E-state index contributed by atoms with van der Waals surface area (Å²) in [5.74, 6) is -2.17. The first kappa shape index (κ1) is 15.3. The molecule has 0 bridgehead atoms. The Hall–Kier alpha value is -2.06. The molecule has 1 fully saturated rings. The Morgan fingerprint density at radius 3 is 2.71 bits per heavy atom. The lowest BCUT2D eigenvalue weighted by Gasteiger charge is -2.17. The molecule has 2 N–H and O–H groups in total. The summed E-state index contributed by atoms with van der Waals surface area (Å²) in [6.45, 7) is -0.376. The summed E-state index contributed by atoms with van der Waals surface area (Å²) in [4.78, 5) is 22.7. The monoisotopic (exact) mass is 305 g/mol. The fourth-order valence-corrected chi connectivity index (χ4v) is 2.43. The summed E-state index contributed by atoms with van der Waals surface area (Å²) in [6, 6.07) is 0.302. The van der Waals surface area contributed by atoms with Crippen molar-refractivity contribution in [2.24, 2.45) is 5.92 Å². The number of aliphatic carboxylic acids is 1. The fraction of sp³-hybridized carbons (Fsp3) is 0.583. The van der Waals surface area contributed by atoms with Crippen LogP contribution in [0.3, 0.4) is 0 Å². The van der Waals surface area contributed by atoms with Gasteiger partial charge in [0.05, 0.1) is 5.92 Å². The second-order valence-corrected chi connectivity index (χ2v) is 4.95. The third-order valence-electron chi connectivity index (χ3n) is 3.42. The van der Waals surface area contributed by atoms with Gasteiger partial charge in [0, 0.05) is 12.2 Å². The first-order chi connectivity index (χ1) is 9.77. The molecule has 1 aromatic rings. The number of halogens is 3. The predicted molar refractivity (Wildman–Crippen MR) is 64.1 cm³/mol. The summed E-state index contributed by atoms with van der Waals surface area (Å²) in [7, 11) is 0. The largest absolute Gasteiger partial charge is 0.481 e. The SMILES string of the molecule is O=C(Cn1ccc(C(F)(F)F)n1)NC1CCCC1C(=O)O. The number of amides is 1. The number of nitrogens with one attached hydrogen (secondary N) is 1. The number of hydrogen-bond acceptors (Lipinski definition) is 3. The highest BCUT2D eigenvalue weighted by Gasteiger charge is 2.35. The molecule has 0 radical (unpaired) electrons. The summed E-state index contributed by atoms with van der Waals surface area (Å²) >= 11 is 0. The Kier molecular flexibility index (Phi) is 4.19. The van der Waals surface area contributed by atoms with Gasteiger partial charge in [-0.2, -0.15) is 18.3 Å². The average Bonchev–Trinajstić information content (AvgIpc) is 2.96. The number of carbonyl (C=O) groups excluding carboxylic acids is 1. The van der Waals surface area contributed by atoms with Crippen LogP contribution in [0.1, 0.15) is 25.0 Å². The summed E-state index contributed by atoms with van der Waals surface area (Å²) in [5.41, 5.74) is -1.07. The Balaban J connectivity index is 1.93. The molecule has 1 heterocycles. The standard InChI is InChI=1S/C12H14F3N3O3/c13-12(14,15)9-4-5-18(17-9)6-10(19)16-8-3-1-2-7(8)11(20)21/h4-5,7-8H,1-3,6H2,(H,16,19)(H,20,21). The molecular weight excluding hydrogens is 291 g/mol. The van der Waals surface area contributed by atoms with Crippen molar-refractivity contribution in [3.8, 4) is 0 Å². The van der Waals surface area contributed by atoms with Crippen molar-refractivity contribution >= 4 is 11.9 Å². The molecule has 1 aliphatic carbocycles. The van der Waals surface area contributed by atoms with Crippen LogP contribution in [0, 0.1) is 5.92 Å². The van der Waals surface area contributed by atoms with E-state index in [0.717, 1.165) is 16.9 Å². The molecule has 1 amide bonds. The number of hydrogen-bond donors (Lipinski definition) is 2. The smallest absolute Gasteiger partial charge is 0.435 e. The highest BCUT2D eigenvalue weighted by atomic mass is 19.4. The molecule has 2 rings (SSSR count). The zero-order valence-electron chi connectivity index (χ0n) is 10.9. The van der Waals surface area contributed by atoms with Crippen LogP contribution in [0.5, 0.6) is 0 Å². The Morgan fingerprint density at radius 1 is 1.43 bits per heavy atom. The van der Waals surface area contributed by atoms with Crippen LogP contribution >= 0.6 is 0 Å². The van der Waals surface area contributed by atoms with Crippen molar-refractivity contribution in [3.63, 3.8) is 0 Å².